The van der Waals surface area contributed by atoms with Crippen LogP contribution in [0.4, 0.5) is 8.78 Å². The van der Waals surface area contributed by atoms with Crippen molar-refractivity contribution in [2.45, 2.75) is 6.43 Å². The topological polar surface area (TPSA) is 59.4 Å². The van der Waals surface area contributed by atoms with Crippen LogP contribution in [0.1, 0.15) is 22.5 Å². The highest BCUT2D eigenvalue weighted by molar-refractivity contribution is 6.32. The molecule has 1 aromatic rings. The van der Waals surface area contributed by atoms with E-state index in [-0.39, 0.29) is 11.3 Å². The van der Waals surface area contributed by atoms with Crippen LogP contribution in [0, 0.1) is 0 Å². The number of rotatable bonds is 3. The first-order valence-electron chi connectivity index (χ1n) is 3.73. The molecule has 0 radical (unpaired) electrons. The summed E-state index contributed by atoms with van der Waals surface area (Å²) in [6.07, 6.45) is -2.87. The number of alkyl halides is 2. The van der Waals surface area contributed by atoms with Crippen molar-refractivity contribution in [3.8, 4) is 5.75 Å². The van der Waals surface area contributed by atoms with Crippen molar-refractivity contribution in [2.75, 3.05) is 7.11 Å². The van der Waals surface area contributed by atoms with Crippen LogP contribution >= 0.6 is 11.6 Å². The van der Waals surface area contributed by atoms with Crippen LogP contribution in [0.2, 0.25) is 5.15 Å². The van der Waals surface area contributed by atoms with Crippen molar-refractivity contribution >= 4 is 17.6 Å². The number of methoxy groups -OCH3 is 1. The third kappa shape index (κ3) is 2.33. The Kier molecular flexibility index (Phi) is 3.41. The van der Waals surface area contributed by atoms with Gasteiger partial charge in [-0.05, 0) is 6.07 Å². The lowest BCUT2D eigenvalue weighted by molar-refractivity contribution is 0.0695. The highest BCUT2D eigenvalue weighted by Gasteiger charge is 2.21. The monoisotopic (exact) mass is 237 g/mol. The lowest BCUT2D eigenvalue weighted by Crippen LogP contribution is -2.04. The van der Waals surface area contributed by atoms with Crippen LogP contribution in [0.15, 0.2) is 6.07 Å². The summed E-state index contributed by atoms with van der Waals surface area (Å²) in [5.74, 6) is -1.65. The molecule has 0 amide bonds. The maximum atomic E-state index is 12.4. The Morgan fingerprint density at radius 2 is 2.27 bits per heavy atom. The van der Waals surface area contributed by atoms with Crippen LogP contribution < -0.4 is 4.74 Å². The van der Waals surface area contributed by atoms with Crippen molar-refractivity contribution in [2.24, 2.45) is 0 Å². The lowest BCUT2D eigenvalue weighted by atomic mass is 10.2. The molecule has 1 heterocycles. The zero-order valence-electron chi connectivity index (χ0n) is 7.50. The molecule has 0 fully saturated rings. The van der Waals surface area contributed by atoms with E-state index in [1.54, 1.807) is 0 Å². The number of hydrogen-bond donors (Lipinski definition) is 1. The van der Waals surface area contributed by atoms with Gasteiger partial charge in [0, 0.05) is 0 Å². The number of carboxylic acid groups (broad SMARTS) is 1. The molecule has 0 aliphatic carbocycles. The van der Waals surface area contributed by atoms with Crippen LogP contribution in [0.25, 0.3) is 0 Å². The Morgan fingerprint density at radius 3 is 2.67 bits per heavy atom. The SMILES string of the molecule is COc1cc(C(=O)O)c(Cl)nc1C(F)F. The molecule has 0 aromatic carbocycles. The molecule has 0 unspecified atom stereocenters. The van der Waals surface area contributed by atoms with Gasteiger partial charge in [-0.2, -0.15) is 0 Å². The largest absolute Gasteiger partial charge is 0.495 e. The molecule has 1 rings (SSSR count). The molecule has 4 nitrogen and oxygen atoms in total. The molecule has 0 saturated heterocycles. The van der Waals surface area contributed by atoms with Crippen molar-refractivity contribution in [1.82, 2.24) is 4.98 Å². The van der Waals surface area contributed by atoms with E-state index in [1.807, 2.05) is 0 Å². The van der Waals surface area contributed by atoms with Gasteiger partial charge in [0.15, 0.2) is 0 Å². The molecule has 15 heavy (non-hydrogen) atoms. The fraction of sp³-hybridized carbons (Fsp3) is 0.250. The summed E-state index contributed by atoms with van der Waals surface area (Å²) >= 11 is 5.42. The zero-order valence-corrected chi connectivity index (χ0v) is 8.26. The molecule has 0 aliphatic rings. The second kappa shape index (κ2) is 4.39. The summed E-state index contributed by atoms with van der Waals surface area (Å²) in [5, 5.41) is 8.16. The number of aromatic nitrogens is 1. The van der Waals surface area contributed by atoms with Crippen molar-refractivity contribution in [3.05, 3.63) is 22.5 Å². The molecule has 1 aromatic heterocycles. The number of aromatic carboxylic acids is 1. The third-order valence-electron chi connectivity index (χ3n) is 1.63. The molecule has 82 valence electrons. The van der Waals surface area contributed by atoms with E-state index in [9.17, 15) is 13.6 Å². The van der Waals surface area contributed by atoms with Gasteiger partial charge in [-0.3, -0.25) is 0 Å². The van der Waals surface area contributed by atoms with Crippen molar-refractivity contribution in [3.63, 3.8) is 0 Å². The van der Waals surface area contributed by atoms with Gasteiger partial charge in [-0.25, -0.2) is 18.6 Å². The van der Waals surface area contributed by atoms with Crippen molar-refractivity contribution < 1.29 is 23.4 Å². The van der Waals surface area contributed by atoms with E-state index in [2.05, 4.69) is 9.72 Å². The molecule has 0 bridgehead atoms. The zero-order chi connectivity index (χ0) is 11.6. The minimum atomic E-state index is -2.87. The molecule has 0 spiro atoms. The fourth-order valence-corrected chi connectivity index (χ4v) is 1.18. The number of carboxylic acids is 1. The van der Waals surface area contributed by atoms with E-state index in [0.717, 1.165) is 13.2 Å². The summed E-state index contributed by atoms with van der Waals surface area (Å²) in [6, 6.07) is 0.916. The predicted molar refractivity (Wildman–Crippen MR) is 47.7 cm³/mol. The van der Waals surface area contributed by atoms with E-state index in [0.29, 0.717) is 0 Å². The maximum absolute atomic E-state index is 12.4. The summed E-state index contributed by atoms with van der Waals surface area (Å²) in [7, 11) is 1.14. The summed E-state index contributed by atoms with van der Waals surface area (Å²) in [5.41, 5.74) is -1.05. The fourth-order valence-electron chi connectivity index (χ4n) is 0.955. The van der Waals surface area contributed by atoms with Gasteiger partial charge in [0.25, 0.3) is 6.43 Å². The minimum Gasteiger partial charge on any atom is -0.495 e. The summed E-state index contributed by atoms with van der Waals surface area (Å²) < 4.78 is 29.3. The number of pyridine rings is 1. The third-order valence-corrected chi connectivity index (χ3v) is 1.91. The first-order chi connectivity index (χ1) is 6.97. The molecule has 7 heteroatoms. The van der Waals surface area contributed by atoms with Crippen LogP contribution in [-0.4, -0.2) is 23.2 Å². The Bertz CT molecular complexity index is 398. The summed E-state index contributed by atoms with van der Waals surface area (Å²) in [6.45, 7) is 0. The van der Waals surface area contributed by atoms with Gasteiger partial charge in [-0.15, -0.1) is 0 Å². The number of ether oxygens (including phenoxy) is 1. The first-order valence-corrected chi connectivity index (χ1v) is 4.11. The van der Waals surface area contributed by atoms with Gasteiger partial charge in [0.2, 0.25) is 0 Å². The molecular weight excluding hydrogens is 232 g/mol. The van der Waals surface area contributed by atoms with Gasteiger partial charge < -0.3 is 9.84 Å². The Balaban J connectivity index is 3.35. The highest BCUT2D eigenvalue weighted by atomic mass is 35.5. The van der Waals surface area contributed by atoms with Crippen molar-refractivity contribution in [1.29, 1.82) is 0 Å². The average molecular weight is 238 g/mol. The highest BCUT2D eigenvalue weighted by Crippen LogP contribution is 2.30. The van der Waals surface area contributed by atoms with Gasteiger partial charge in [-0.1, -0.05) is 11.6 Å². The van der Waals surface area contributed by atoms with Gasteiger partial charge in [0.05, 0.1) is 7.11 Å². The van der Waals surface area contributed by atoms with Gasteiger partial charge in [0.1, 0.15) is 22.2 Å². The number of carbonyl (C=O) groups is 1. The first kappa shape index (κ1) is 11.6. The number of halogens is 3. The second-order valence-electron chi connectivity index (χ2n) is 2.52. The van der Waals surface area contributed by atoms with E-state index in [4.69, 9.17) is 16.7 Å². The molecule has 1 N–H and O–H groups in total. The second-order valence-corrected chi connectivity index (χ2v) is 2.88. The van der Waals surface area contributed by atoms with E-state index < -0.39 is 23.2 Å². The van der Waals surface area contributed by atoms with E-state index in [1.165, 1.54) is 0 Å². The predicted octanol–water partition coefficient (Wildman–Crippen LogP) is 2.38. The molecule has 0 atom stereocenters. The number of hydrogen-bond acceptors (Lipinski definition) is 3. The number of nitrogens with zero attached hydrogens (tertiary/aromatic N) is 1. The quantitative estimate of drug-likeness (QED) is 0.820. The molecule has 0 aliphatic heterocycles. The van der Waals surface area contributed by atoms with Crippen LogP contribution in [0.5, 0.6) is 5.75 Å². The molecular formula is C8H6ClF2NO3. The molecule has 0 saturated carbocycles. The Hall–Kier alpha value is -1.43. The smallest absolute Gasteiger partial charge is 0.338 e. The Labute approximate surface area is 88.4 Å². The maximum Gasteiger partial charge on any atom is 0.338 e. The minimum absolute atomic E-state index is 0.299. The van der Waals surface area contributed by atoms with Crippen LogP contribution in [0.3, 0.4) is 0 Å². The van der Waals surface area contributed by atoms with Gasteiger partial charge >= 0.3 is 5.97 Å². The normalized spacial score (nSPS) is 10.5. The standard InChI is InChI=1S/C8H6ClF2NO3/c1-15-4-2-3(8(13)14)6(9)12-5(4)7(10)11/h2,7H,1H3,(H,13,14). The summed E-state index contributed by atoms with van der Waals surface area (Å²) in [4.78, 5) is 13.9. The average Bonchev–Trinajstić information content (AvgIpc) is 2.16. The lowest BCUT2D eigenvalue weighted by Gasteiger charge is -2.08. The van der Waals surface area contributed by atoms with E-state index >= 15 is 0 Å². The van der Waals surface area contributed by atoms with Crippen LogP contribution in [-0.2, 0) is 0 Å². The Morgan fingerprint density at radius 1 is 1.67 bits per heavy atom.